The van der Waals surface area contributed by atoms with Crippen LogP contribution in [0.1, 0.15) is 13.3 Å². The second kappa shape index (κ2) is 6.61. The molecule has 0 aliphatic heterocycles. The summed E-state index contributed by atoms with van der Waals surface area (Å²) in [6.07, 6.45) is 2.14. The Bertz CT molecular complexity index is 615. The van der Waals surface area contributed by atoms with Crippen LogP contribution in [0, 0.1) is 0 Å². The minimum Gasteiger partial charge on any atom is -0.497 e. The van der Waals surface area contributed by atoms with E-state index in [-0.39, 0.29) is 11.2 Å². The van der Waals surface area contributed by atoms with Gasteiger partial charge >= 0.3 is 5.97 Å². The molecule has 0 spiro atoms. The molecule has 0 N–H and O–H groups in total. The molecule has 1 aromatic carbocycles. The number of thioether (sulfide) groups is 1. The van der Waals surface area contributed by atoms with Crippen molar-refractivity contribution >= 4 is 28.5 Å². The molecule has 20 heavy (non-hydrogen) atoms. The number of nitrogens with zero attached hydrogens (tertiary/aromatic N) is 1. The first-order chi connectivity index (χ1) is 9.63. The van der Waals surface area contributed by atoms with Gasteiger partial charge in [-0.1, -0.05) is 13.0 Å². The molecule has 1 heterocycles. The molecule has 0 fully saturated rings. The maximum absolute atomic E-state index is 11.3. The van der Waals surface area contributed by atoms with Crippen LogP contribution in [0.25, 0.3) is 10.8 Å². The lowest BCUT2D eigenvalue weighted by molar-refractivity contribution is -0.140. The van der Waals surface area contributed by atoms with E-state index in [2.05, 4.69) is 9.72 Å². The van der Waals surface area contributed by atoms with Crippen LogP contribution < -0.4 is 4.74 Å². The molecule has 0 bridgehead atoms. The number of rotatable bonds is 5. The zero-order chi connectivity index (χ0) is 14.5. The van der Waals surface area contributed by atoms with Crippen LogP contribution in [-0.2, 0) is 9.53 Å². The Morgan fingerprint density at radius 1 is 1.35 bits per heavy atom. The first-order valence-corrected chi connectivity index (χ1v) is 7.18. The Kier molecular flexibility index (Phi) is 4.84. The number of aromatic nitrogens is 1. The fourth-order valence-corrected chi connectivity index (χ4v) is 2.92. The van der Waals surface area contributed by atoms with E-state index >= 15 is 0 Å². The van der Waals surface area contributed by atoms with Gasteiger partial charge < -0.3 is 9.47 Å². The highest BCUT2D eigenvalue weighted by atomic mass is 32.2. The van der Waals surface area contributed by atoms with Crippen LogP contribution in [-0.4, -0.2) is 30.4 Å². The molecule has 1 atom stereocenters. The van der Waals surface area contributed by atoms with Crippen molar-refractivity contribution in [1.29, 1.82) is 0 Å². The van der Waals surface area contributed by atoms with Crippen molar-refractivity contribution in [1.82, 2.24) is 4.98 Å². The lowest BCUT2D eigenvalue weighted by Gasteiger charge is -2.11. The number of benzene rings is 1. The van der Waals surface area contributed by atoms with Gasteiger partial charge in [0.25, 0.3) is 0 Å². The van der Waals surface area contributed by atoms with Crippen molar-refractivity contribution in [2.75, 3.05) is 14.2 Å². The molecular weight excluding hydrogens is 274 g/mol. The Morgan fingerprint density at radius 2 is 2.15 bits per heavy atom. The summed E-state index contributed by atoms with van der Waals surface area (Å²) in [5.41, 5.74) is 0. The summed E-state index contributed by atoms with van der Waals surface area (Å²) in [4.78, 5) is 15.7. The van der Waals surface area contributed by atoms with Gasteiger partial charge in [-0.2, -0.15) is 0 Å². The van der Waals surface area contributed by atoms with E-state index in [1.54, 1.807) is 25.1 Å². The molecule has 2 aromatic rings. The predicted octanol–water partition coefficient (Wildman–Crippen LogP) is 3.29. The number of esters is 1. The summed E-state index contributed by atoms with van der Waals surface area (Å²) in [5.74, 6) is 0.593. The summed E-state index contributed by atoms with van der Waals surface area (Å²) in [6.45, 7) is 1.99. The van der Waals surface area contributed by atoms with Gasteiger partial charge in [-0.3, -0.25) is 4.79 Å². The Labute approximate surface area is 122 Å². The Hall–Kier alpha value is -1.75. The van der Waals surface area contributed by atoms with Crippen LogP contribution >= 0.6 is 11.8 Å². The first-order valence-electron chi connectivity index (χ1n) is 6.30. The van der Waals surface area contributed by atoms with Gasteiger partial charge in [0.2, 0.25) is 0 Å². The van der Waals surface area contributed by atoms with Crippen molar-refractivity contribution in [3.63, 3.8) is 0 Å². The van der Waals surface area contributed by atoms with Crippen LogP contribution in [0.15, 0.2) is 35.5 Å². The summed E-state index contributed by atoms with van der Waals surface area (Å²) in [5, 5.41) is 3.15. The predicted molar refractivity (Wildman–Crippen MR) is 80.2 cm³/mol. The number of ether oxygens (including phenoxy) is 2. The molecule has 0 amide bonds. The third-order valence-electron chi connectivity index (χ3n) is 2.93. The van der Waals surface area contributed by atoms with Crippen molar-refractivity contribution < 1.29 is 14.3 Å². The Morgan fingerprint density at radius 3 is 2.85 bits per heavy atom. The summed E-state index contributed by atoms with van der Waals surface area (Å²) >= 11 is 1.57. The zero-order valence-electron chi connectivity index (χ0n) is 11.8. The van der Waals surface area contributed by atoms with Gasteiger partial charge in [-0.05, 0) is 23.6 Å². The number of carbonyl (C=O) groups excluding carboxylic acids is 1. The fraction of sp³-hybridized carbons (Fsp3) is 0.333. The molecule has 5 heteroatoms. The number of hydrogen-bond donors (Lipinski definition) is 0. The Balaban J connectivity index is 2.27. The quantitative estimate of drug-likeness (QED) is 0.625. The third-order valence-corrected chi connectivity index (χ3v) is 4.05. The lowest BCUT2D eigenvalue weighted by Crippen LogP contribution is -2.08. The minimum absolute atomic E-state index is 0.103. The number of pyridine rings is 1. The highest BCUT2D eigenvalue weighted by Gasteiger charge is 2.13. The molecule has 1 aromatic heterocycles. The van der Waals surface area contributed by atoms with Crippen molar-refractivity contribution in [3.05, 3.63) is 30.5 Å². The van der Waals surface area contributed by atoms with E-state index in [1.165, 1.54) is 7.11 Å². The summed E-state index contributed by atoms with van der Waals surface area (Å²) in [7, 11) is 3.05. The largest absolute Gasteiger partial charge is 0.497 e. The number of hydrogen-bond acceptors (Lipinski definition) is 5. The van der Waals surface area contributed by atoms with E-state index in [9.17, 15) is 4.79 Å². The standard InChI is InChI=1S/C15H17NO3S/c1-10(8-14(17)19-3)20-15-13-9-12(18-2)5-4-11(13)6-7-16-15/h4-7,9-10H,8H2,1-3H3. The first kappa shape index (κ1) is 14.7. The molecule has 0 aliphatic carbocycles. The lowest BCUT2D eigenvalue weighted by atomic mass is 10.2. The average Bonchev–Trinajstić information content (AvgIpc) is 2.46. The summed E-state index contributed by atoms with van der Waals surface area (Å²) < 4.78 is 9.94. The molecule has 4 nitrogen and oxygen atoms in total. The van der Waals surface area contributed by atoms with Gasteiger partial charge in [0.05, 0.1) is 20.6 Å². The average molecular weight is 291 g/mol. The van der Waals surface area contributed by atoms with Gasteiger partial charge in [-0.15, -0.1) is 11.8 Å². The smallest absolute Gasteiger partial charge is 0.306 e. The number of fused-ring (bicyclic) bond motifs is 1. The second-order valence-corrected chi connectivity index (χ2v) is 5.84. The van der Waals surface area contributed by atoms with Crippen LogP contribution in [0.3, 0.4) is 0 Å². The molecule has 0 radical (unpaired) electrons. The number of methoxy groups -OCH3 is 2. The molecule has 0 saturated carbocycles. The monoisotopic (exact) mass is 291 g/mol. The van der Waals surface area contributed by atoms with Gasteiger partial charge in [0.15, 0.2) is 0 Å². The summed E-state index contributed by atoms with van der Waals surface area (Å²) in [6, 6.07) is 7.86. The molecule has 106 valence electrons. The van der Waals surface area contributed by atoms with E-state index in [0.717, 1.165) is 21.5 Å². The van der Waals surface area contributed by atoms with E-state index < -0.39 is 0 Å². The second-order valence-electron chi connectivity index (χ2n) is 4.41. The van der Waals surface area contributed by atoms with Gasteiger partial charge in [0, 0.05) is 16.8 Å². The highest BCUT2D eigenvalue weighted by Crippen LogP contribution is 2.32. The van der Waals surface area contributed by atoms with E-state index in [4.69, 9.17) is 4.74 Å². The molecule has 1 unspecified atom stereocenters. The minimum atomic E-state index is -0.206. The normalized spacial score (nSPS) is 12.2. The molecule has 0 saturated heterocycles. The fourth-order valence-electron chi connectivity index (χ4n) is 1.89. The highest BCUT2D eigenvalue weighted by molar-refractivity contribution is 8.00. The van der Waals surface area contributed by atoms with Crippen LogP contribution in [0.2, 0.25) is 0 Å². The van der Waals surface area contributed by atoms with Crippen molar-refractivity contribution in [2.45, 2.75) is 23.6 Å². The van der Waals surface area contributed by atoms with Crippen molar-refractivity contribution in [2.24, 2.45) is 0 Å². The van der Waals surface area contributed by atoms with Crippen LogP contribution in [0.4, 0.5) is 0 Å². The molecule has 2 rings (SSSR count). The number of carbonyl (C=O) groups is 1. The van der Waals surface area contributed by atoms with E-state index in [1.807, 2.05) is 31.2 Å². The zero-order valence-corrected chi connectivity index (χ0v) is 12.6. The van der Waals surface area contributed by atoms with Crippen molar-refractivity contribution in [3.8, 4) is 5.75 Å². The van der Waals surface area contributed by atoms with Gasteiger partial charge in [0.1, 0.15) is 10.8 Å². The topological polar surface area (TPSA) is 48.4 Å². The third kappa shape index (κ3) is 3.42. The maximum atomic E-state index is 11.3. The SMILES string of the molecule is COC(=O)CC(C)Sc1nccc2ccc(OC)cc12. The maximum Gasteiger partial charge on any atom is 0.306 e. The molecule has 0 aliphatic rings. The van der Waals surface area contributed by atoms with E-state index in [0.29, 0.717) is 6.42 Å². The van der Waals surface area contributed by atoms with Crippen LogP contribution in [0.5, 0.6) is 5.75 Å². The van der Waals surface area contributed by atoms with Gasteiger partial charge in [-0.25, -0.2) is 4.98 Å². The molecular formula is C15H17NO3S.